The molecule has 1 aliphatic carbocycles. The lowest BCUT2D eigenvalue weighted by Gasteiger charge is -2.29. The van der Waals surface area contributed by atoms with Gasteiger partial charge in [0.25, 0.3) is 0 Å². The number of hydrogen-bond acceptors (Lipinski definition) is 4. The molecule has 5 heteroatoms. The Bertz CT molecular complexity index is 641. The number of phenols is 1. The molecule has 2 aromatic rings. The summed E-state index contributed by atoms with van der Waals surface area (Å²) in [7, 11) is 0. The van der Waals surface area contributed by atoms with Gasteiger partial charge in [0.1, 0.15) is 5.75 Å². The molecule has 1 aliphatic heterocycles. The molecule has 0 atom stereocenters. The van der Waals surface area contributed by atoms with Gasteiger partial charge >= 0.3 is 0 Å². The topological polar surface area (TPSA) is 53.3 Å². The Hall–Kier alpha value is -2.01. The Balaban J connectivity index is 1.76. The predicted molar refractivity (Wildman–Crippen MR) is 82.3 cm³/mol. The molecule has 4 rings (SSSR count). The van der Waals surface area contributed by atoms with Crippen LogP contribution in [0.2, 0.25) is 0 Å². The fourth-order valence-corrected chi connectivity index (χ4v) is 3.07. The molecule has 2 N–H and O–H groups in total. The molecule has 2 aliphatic rings. The number of anilines is 1. The second-order valence-corrected chi connectivity index (χ2v) is 5.86. The monoisotopic (exact) mass is 284 g/mol. The molecule has 1 saturated heterocycles. The van der Waals surface area contributed by atoms with Gasteiger partial charge in [-0.3, -0.25) is 0 Å². The van der Waals surface area contributed by atoms with Crippen LogP contribution >= 0.6 is 0 Å². The molecule has 1 aromatic heterocycles. The van der Waals surface area contributed by atoms with Crippen molar-refractivity contribution in [2.45, 2.75) is 18.8 Å². The van der Waals surface area contributed by atoms with Gasteiger partial charge in [0, 0.05) is 38.2 Å². The smallest absolute Gasteiger partial charge is 0.117 e. The van der Waals surface area contributed by atoms with E-state index >= 15 is 0 Å². The lowest BCUT2D eigenvalue weighted by atomic mass is 10.2. The van der Waals surface area contributed by atoms with Crippen LogP contribution in [0.5, 0.6) is 5.75 Å². The van der Waals surface area contributed by atoms with E-state index in [2.05, 4.69) is 15.3 Å². The van der Waals surface area contributed by atoms with Crippen molar-refractivity contribution in [3.63, 3.8) is 0 Å². The third-order valence-corrected chi connectivity index (χ3v) is 4.28. The molecule has 0 spiro atoms. The first kappa shape index (κ1) is 12.7. The van der Waals surface area contributed by atoms with Crippen molar-refractivity contribution >= 4 is 5.69 Å². The maximum Gasteiger partial charge on any atom is 0.117 e. The molecule has 0 radical (unpaired) electrons. The number of nitrogens with zero attached hydrogens (tertiary/aromatic N) is 3. The number of phenolic OH excluding ortho intramolecular Hbond substituents is 1. The minimum atomic E-state index is 0.286. The van der Waals surface area contributed by atoms with Crippen LogP contribution in [0.1, 0.15) is 24.5 Å². The summed E-state index contributed by atoms with van der Waals surface area (Å²) >= 11 is 0. The lowest BCUT2D eigenvalue weighted by molar-refractivity contribution is 0.474. The SMILES string of the molecule is Oc1cccc(-n2ncc(N3CCNCC3)c2C2CC2)c1. The van der Waals surface area contributed by atoms with E-state index in [9.17, 15) is 5.11 Å². The zero-order valence-electron chi connectivity index (χ0n) is 12.0. The Kier molecular flexibility index (Phi) is 3.07. The van der Waals surface area contributed by atoms with E-state index in [-0.39, 0.29) is 5.75 Å². The minimum absolute atomic E-state index is 0.286. The minimum Gasteiger partial charge on any atom is -0.508 e. The second kappa shape index (κ2) is 5.07. The first-order valence-corrected chi connectivity index (χ1v) is 7.66. The third-order valence-electron chi connectivity index (χ3n) is 4.28. The quantitative estimate of drug-likeness (QED) is 0.903. The van der Waals surface area contributed by atoms with E-state index in [1.165, 1.54) is 24.2 Å². The number of nitrogens with one attached hydrogen (secondary N) is 1. The maximum atomic E-state index is 9.72. The van der Waals surface area contributed by atoms with Crippen molar-refractivity contribution in [3.8, 4) is 11.4 Å². The summed E-state index contributed by atoms with van der Waals surface area (Å²) in [5, 5.41) is 17.7. The summed E-state index contributed by atoms with van der Waals surface area (Å²) in [5.41, 5.74) is 3.52. The van der Waals surface area contributed by atoms with Gasteiger partial charge in [-0.15, -0.1) is 0 Å². The van der Waals surface area contributed by atoms with Gasteiger partial charge in [-0.05, 0) is 25.0 Å². The lowest BCUT2D eigenvalue weighted by Crippen LogP contribution is -2.43. The van der Waals surface area contributed by atoms with Gasteiger partial charge in [-0.1, -0.05) is 6.07 Å². The highest BCUT2D eigenvalue weighted by Crippen LogP contribution is 2.45. The van der Waals surface area contributed by atoms with Crippen LogP contribution in [-0.2, 0) is 0 Å². The Morgan fingerprint density at radius 3 is 2.71 bits per heavy atom. The molecule has 1 saturated carbocycles. The van der Waals surface area contributed by atoms with Crippen LogP contribution in [0.25, 0.3) is 5.69 Å². The molecule has 0 bridgehead atoms. The molecule has 110 valence electrons. The number of piperazine rings is 1. The van der Waals surface area contributed by atoms with Gasteiger partial charge in [0.2, 0.25) is 0 Å². The second-order valence-electron chi connectivity index (χ2n) is 5.86. The van der Waals surface area contributed by atoms with E-state index in [1.807, 2.05) is 23.0 Å². The standard InChI is InChI=1S/C16H20N4O/c21-14-3-1-2-13(10-14)20-16(12-4-5-12)15(11-18-20)19-8-6-17-7-9-19/h1-3,10-12,17,21H,4-9H2. The van der Waals surface area contributed by atoms with Gasteiger partial charge in [0.05, 0.1) is 23.3 Å². The molecule has 21 heavy (non-hydrogen) atoms. The molecular formula is C16H20N4O. The average Bonchev–Trinajstić information content (AvgIpc) is 3.26. The number of benzene rings is 1. The van der Waals surface area contributed by atoms with Crippen molar-refractivity contribution in [1.82, 2.24) is 15.1 Å². The van der Waals surface area contributed by atoms with E-state index in [0.717, 1.165) is 31.9 Å². The van der Waals surface area contributed by atoms with Gasteiger partial charge < -0.3 is 15.3 Å². The molecular weight excluding hydrogens is 264 g/mol. The van der Waals surface area contributed by atoms with Crippen LogP contribution in [0, 0.1) is 0 Å². The van der Waals surface area contributed by atoms with Crippen LogP contribution in [0.15, 0.2) is 30.5 Å². The predicted octanol–water partition coefficient (Wildman–Crippen LogP) is 1.86. The van der Waals surface area contributed by atoms with Crippen LogP contribution in [0.4, 0.5) is 5.69 Å². The van der Waals surface area contributed by atoms with E-state index in [1.54, 1.807) is 12.1 Å². The molecule has 2 heterocycles. The molecule has 1 aromatic carbocycles. The first-order chi connectivity index (χ1) is 10.3. The van der Waals surface area contributed by atoms with Crippen LogP contribution < -0.4 is 10.2 Å². The van der Waals surface area contributed by atoms with Gasteiger partial charge in [-0.2, -0.15) is 5.10 Å². The van der Waals surface area contributed by atoms with Gasteiger partial charge in [0.15, 0.2) is 0 Å². The number of hydrogen-bond donors (Lipinski definition) is 2. The highest BCUT2D eigenvalue weighted by atomic mass is 16.3. The highest BCUT2D eigenvalue weighted by molar-refractivity contribution is 5.56. The average molecular weight is 284 g/mol. The largest absolute Gasteiger partial charge is 0.508 e. The van der Waals surface area contributed by atoms with E-state index in [4.69, 9.17) is 0 Å². The molecule has 2 fully saturated rings. The summed E-state index contributed by atoms with van der Waals surface area (Å²) in [4.78, 5) is 2.43. The Morgan fingerprint density at radius 1 is 1.19 bits per heavy atom. The first-order valence-electron chi connectivity index (χ1n) is 7.66. The van der Waals surface area contributed by atoms with Crippen molar-refractivity contribution in [2.75, 3.05) is 31.1 Å². The molecule has 0 amide bonds. The molecule has 0 unspecified atom stereocenters. The van der Waals surface area contributed by atoms with E-state index in [0.29, 0.717) is 5.92 Å². The number of rotatable bonds is 3. The normalized spacial score (nSPS) is 19.0. The summed E-state index contributed by atoms with van der Waals surface area (Å²) < 4.78 is 2.01. The zero-order chi connectivity index (χ0) is 14.2. The summed E-state index contributed by atoms with van der Waals surface area (Å²) in [5.74, 6) is 0.896. The van der Waals surface area contributed by atoms with Crippen molar-refractivity contribution < 1.29 is 5.11 Å². The number of aromatic hydroxyl groups is 1. The summed E-state index contributed by atoms with van der Waals surface area (Å²) in [6.45, 7) is 4.12. The van der Waals surface area contributed by atoms with Crippen molar-refractivity contribution in [3.05, 3.63) is 36.2 Å². The third kappa shape index (κ3) is 2.38. The van der Waals surface area contributed by atoms with Crippen molar-refractivity contribution in [1.29, 1.82) is 0 Å². The van der Waals surface area contributed by atoms with Crippen LogP contribution in [-0.4, -0.2) is 41.1 Å². The van der Waals surface area contributed by atoms with E-state index < -0.39 is 0 Å². The highest BCUT2D eigenvalue weighted by Gasteiger charge is 2.32. The molecule has 5 nitrogen and oxygen atoms in total. The Labute approximate surface area is 124 Å². The number of aromatic nitrogens is 2. The fourth-order valence-electron chi connectivity index (χ4n) is 3.07. The Morgan fingerprint density at radius 2 is 2.00 bits per heavy atom. The van der Waals surface area contributed by atoms with Crippen molar-refractivity contribution in [2.24, 2.45) is 0 Å². The van der Waals surface area contributed by atoms with Crippen LogP contribution in [0.3, 0.4) is 0 Å². The summed E-state index contributed by atoms with van der Waals surface area (Å²) in [6, 6.07) is 7.34. The fraction of sp³-hybridized carbons (Fsp3) is 0.438. The zero-order valence-corrected chi connectivity index (χ0v) is 12.0. The van der Waals surface area contributed by atoms with Gasteiger partial charge in [-0.25, -0.2) is 4.68 Å². The summed E-state index contributed by atoms with van der Waals surface area (Å²) in [6.07, 6.45) is 4.47. The maximum absolute atomic E-state index is 9.72.